The molecule has 1 N–H and O–H groups in total. The van der Waals surface area contributed by atoms with Crippen LogP contribution in [0, 0.1) is 0 Å². The van der Waals surface area contributed by atoms with Crippen molar-refractivity contribution in [1.29, 1.82) is 0 Å². The second kappa shape index (κ2) is 6.81. The van der Waals surface area contributed by atoms with E-state index >= 15 is 0 Å². The number of carbonyl (C=O) groups is 2. The highest BCUT2D eigenvalue weighted by molar-refractivity contribution is 5.74. The van der Waals surface area contributed by atoms with Gasteiger partial charge in [-0.25, -0.2) is 9.59 Å². The van der Waals surface area contributed by atoms with Gasteiger partial charge in [0.1, 0.15) is 5.60 Å². The van der Waals surface area contributed by atoms with Gasteiger partial charge in [-0.1, -0.05) is 0 Å². The van der Waals surface area contributed by atoms with Crippen molar-refractivity contribution in [2.75, 3.05) is 26.7 Å². The first-order chi connectivity index (χ1) is 9.20. The van der Waals surface area contributed by atoms with Crippen molar-refractivity contribution in [3.8, 4) is 0 Å². The zero-order valence-corrected chi connectivity index (χ0v) is 13.2. The predicted molar refractivity (Wildman–Crippen MR) is 77.7 cm³/mol. The third-order valence-corrected chi connectivity index (χ3v) is 3.32. The third-order valence-electron chi connectivity index (χ3n) is 3.32. The van der Waals surface area contributed by atoms with Crippen LogP contribution in [0.15, 0.2) is 0 Å². The minimum Gasteiger partial charge on any atom is -0.444 e. The van der Waals surface area contributed by atoms with Crippen LogP contribution in [0.1, 0.15) is 40.5 Å². The summed E-state index contributed by atoms with van der Waals surface area (Å²) in [6.07, 6.45) is 1.46. The molecule has 0 spiro atoms. The van der Waals surface area contributed by atoms with Gasteiger partial charge in [0.2, 0.25) is 0 Å². The van der Waals surface area contributed by atoms with Crippen molar-refractivity contribution in [1.82, 2.24) is 15.1 Å². The molecule has 1 saturated heterocycles. The molecule has 116 valence electrons. The van der Waals surface area contributed by atoms with E-state index < -0.39 is 5.60 Å². The summed E-state index contributed by atoms with van der Waals surface area (Å²) in [5, 5.41) is 2.87. The van der Waals surface area contributed by atoms with E-state index in [9.17, 15) is 9.59 Å². The number of likely N-dealkylation sites (tertiary alicyclic amines) is 1. The van der Waals surface area contributed by atoms with Crippen LogP contribution in [0.4, 0.5) is 9.59 Å². The van der Waals surface area contributed by atoms with Gasteiger partial charge in [-0.2, -0.15) is 0 Å². The van der Waals surface area contributed by atoms with Gasteiger partial charge in [-0.3, -0.25) is 0 Å². The summed E-state index contributed by atoms with van der Waals surface area (Å²) < 4.78 is 5.30. The number of nitrogens with one attached hydrogen (secondary N) is 1. The second-order valence-electron chi connectivity index (χ2n) is 6.30. The van der Waals surface area contributed by atoms with Crippen LogP contribution in [0.5, 0.6) is 0 Å². The fourth-order valence-electron chi connectivity index (χ4n) is 1.73. The van der Waals surface area contributed by atoms with Gasteiger partial charge >= 0.3 is 12.1 Å². The Bertz CT molecular complexity index is 348. The van der Waals surface area contributed by atoms with Gasteiger partial charge in [0.25, 0.3) is 0 Å². The lowest BCUT2D eigenvalue weighted by Crippen LogP contribution is -2.48. The molecule has 20 heavy (non-hydrogen) atoms. The van der Waals surface area contributed by atoms with E-state index in [4.69, 9.17) is 4.74 Å². The van der Waals surface area contributed by atoms with Crippen LogP contribution in [-0.4, -0.2) is 60.2 Å². The van der Waals surface area contributed by atoms with Crippen molar-refractivity contribution in [2.24, 2.45) is 0 Å². The molecule has 0 aromatic heterocycles. The molecular weight excluding hydrogens is 258 g/mol. The summed E-state index contributed by atoms with van der Waals surface area (Å²) in [5.74, 6) is 0. The van der Waals surface area contributed by atoms with E-state index in [1.54, 1.807) is 16.8 Å². The van der Waals surface area contributed by atoms with Crippen LogP contribution in [0.2, 0.25) is 0 Å². The molecule has 0 aromatic carbocycles. The van der Waals surface area contributed by atoms with Crippen molar-refractivity contribution in [2.45, 2.75) is 52.2 Å². The summed E-state index contributed by atoms with van der Waals surface area (Å²) >= 11 is 0. The molecule has 0 aliphatic carbocycles. The summed E-state index contributed by atoms with van der Waals surface area (Å²) in [6.45, 7) is 9.73. The predicted octanol–water partition coefficient (Wildman–Crippen LogP) is 2.05. The van der Waals surface area contributed by atoms with Crippen molar-refractivity contribution in [3.05, 3.63) is 0 Å². The average Bonchev–Trinajstić information content (AvgIpc) is 2.22. The largest absolute Gasteiger partial charge is 0.444 e. The molecule has 0 saturated carbocycles. The highest BCUT2D eigenvalue weighted by Gasteiger charge is 2.23. The summed E-state index contributed by atoms with van der Waals surface area (Å²) in [4.78, 5) is 26.8. The Morgan fingerprint density at radius 2 is 1.95 bits per heavy atom. The average molecular weight is 285 g/mol. The Labute approximate surface area is 121 Å². The Morgan fingerprint density at radius 3 is 2.40 bits per heavy atom. The number of rotatable bonds is 4. The monoisotopic (exact) mass is 285 g/mol. The maximum Gasteiger partial charge on any atom is 0.410 e. The molecule has 1 heterocycles. The molecule has 0 bridgehead atoms. The molecule has 0 aromatic rings. The van der Waals surface area contributed by atoms with E-state index in [0.29, 0.717) is 13.0 Å². The zero-order chi connectivity index (χ0) is 15.3. The third kappa shape index (κ3) is 5.27. The first kappa shape index (κ1) is 16.6. The summed E-state index contributed by atoms with van der Waals surface area (Å²) in [7, 11) is 1.72. The molecule has 6 heteroatoms. The van der Waals surface area contributed by atoms with Gasteiger partial charge in [0, 0.05) is 32.7 Å². The Morgan fingerprint density at radius 1 is 1.35 bits per heavy atom. The first-order valence-electron chi connectivity index (χ1n) is 7.19. The van der Waals surface area contributed by atoms with Crippen molar-refractivity contribution >= 4 is 12.1 Å². The lowest BCUT2D eigenvalue weighted by Gasteiger charge is -2.31. The highest BCUT2D eigenvalue weighted by atomic mass is 16.6. The summed E-state index contributed by atoms with van der Waals surface area (Å²) in [5.41, 5.74) is -0.489. The lowest BCUT2D eigenvalue weighted by atomic mass is 10.2. The molecule has 1 rings (SSSR count). The van der Waals surface area contributed by atoms with Gasteiger partial charge in [0.05, 0.1) is 0 Å². The van der Waals surface area contributed by atoms with E-state index in [2.05, 4.69) is 5.32 Å². The molecule has 3 amide bonds. The maximum absolute atomic E-state index is 11.9. The normalized spacial score (nSPS) is 16.1. The van der Waals surface area contributed by atoms with E-state index in [1.807, 2.05) is 27.7 Å². The van der Waals surface area contributed by atoms with Gasteiger partial charge in [0.15, 0.2) is 0 Å². The topological polar surface area (TPSA) is 61.9 Å². The van der Waals surface area contributed by atoms with E-state index in [-0.39, 0.29) is 18.2 Å². The fourth-order valence-corrected chi connectivity index (χ4v) is 1.73. The molecule has 6 nitrogen and oxygen atoms in total. The number of ether oxygens (including phenoxy) is 1. The van der Waals surface area contributed by atoms with Crippen LogP contribution < -0.4 is 5.32 Å². The standard InChI is InChI=1S/C14H27N3O3/c1-11(16(5)13(19)20-14(2,3)4)7-8-15-12(18)17-9-6-10-17/h11H,6-10H2,1-5H3,(H,15,18)/t11-/m1/s1. The minimum atomic E-state index is -0.489. The quantitative estimate of drug-likeness (QED) is 0.860. The molecule has 0 unspecified atom stereocenters. The smallest absolute Gasteiger partial charge is 0.410 e. The molecular formula is C14H27N3O3. The molecule has 1 aliphatic rings. The Kier molecular flexibility index (Phi) is 5.65. The molecule has 0 radical (unpaired) electrons. The van der Waals surface area contributed by atoms with Crippen LogP contribution in [-0.2, 0) is 4.74 Å². The van der Waals surface area contributed by atoms with Gasteiger partial charge in [-0.05, 0) is 40.5 Å². The minimum absolute atomic E-state index is 0.0108. The lowest BCUT2D eigenvalue weighted by molar-refractivity contribution is 0.0230. The summed E-state index contributed by atoms with van der Waals surface area (Å²) in [6, 6.07) is 0.00455. The van der Waals surface area contributed by atoms with E-state index in [0.717, 1.165) is 19.5 Å². The van der Waals surface area contributed by atoms with Crippen LogP contribution in [0.3, 0.4) is 0 Å². The zero-order valence-electron chi connectivity index (χ0n) is 13.2. The molecule has 1 aliphatic heterocycles. The van der Waals surface area contributed by atoms with Gasteiger partial charge < -0.3 is 19.9 Å². The number of urea groups is 1. The van der Waals surface area contributed by atoms with E-state index in [1.165, 1.54) is 0 Å². The second-order valence-corrected chi connectivity index (χ2v) is 6.30. The van der Waals surface area contributed by atoms with Gasteiger partial charge in [-0.15, -0.1) is 0 Å². The van der Waals surface area contributed by atoms with Crippen molar-refractivity contribution < 1.29 is 14.3 Å². The molecule has 1 atom stereocenters. The fraction of sp³-hybridized carbons (Fsp3) is 0.857. The number of hydrogen-bond donors (Lipinski definition) is 1. The number of hydrogen-bond acceptors (Lipinski definition) is 3. The number of carbonyl (C=O) groups excluding carboxylic acids is 2. The molecule has 1 fully saturated rings. The Balaban J connectivity index is 2.25. The SMILES string of the molecule is C[C@H](CCNC(=O)N1CCC1)N(C)C(=O)OC(C)(C)C. The highest BCUT2D eigenvalue weighted by Crippen LogP contribution is 2.12. The number of amides is 3. The van der Waals surface area contributed by atoms with Crippen LogP contribution >= 0.6 is 0 Å². The first-order valence-corrected chi connectivity index (χ1v) is 7.19. The maximum atomic E-state index is 11.9. The number of nitrogens with zero attached hydrogens (tertiary/aromatic N) is 2. The Hall–Kier alpha value is -1.46. The van der Waals surface area contributed by atoms with Crippen molar-refractivity contribution in [3.63, 3.8) is 0 Å². The van der Waals surface area contributed by atoms with Crippen LogP contribution in [0.25, 0.3) is 0 Å².